The van der Waals surface area contributed by atoms with Crippen LogP contribution in [0, 0.1) is 0 Å². The molecule has 1 aliphatic heterocycles. The Morgan fingerprint density at radius 3 is 2.37 bits per heavy atom. The summed E-state index contributed by atoms with van der Waals surface area (Å²) in [6.07, 6.45) is 3.58. The van der Waals surface area contributed by atoms with Gasteiger partial charge in [-0.25, -0.2) is 0 Å². The fourth-order valence-electron chi connectivity index (χ4n) is 3.56. The molecule has 2 heterocycles. The number of carbonyl (C=O) groups excluding carboxylic acids is 1. The highest BCUT2D eigenvalue weighted by Crippen LogP contribution is 2.29. The van der Waals surface area contributed by atoms with Gasteiger partial charge in [0.2, 0.25) is 0 Å². The molecule has 0 spiro atoms. The zero-order chi connectivity index (χ0) is 20.8. The van der Waals surface area contributed by atoms with E-state index in [2.05, 4.69) is 9.88 Å². The molecule has 1 saturated heterocycles. The van der Waals surface area contributed by atoms with Crippen LogP contribution in [-0.2, 0) is 6.61 Å². The van der Waals surface area contributed by atoms with Gasteiger partial charge in [-0.1, -0.05) is 30.3 Å². The van der Waals surface area contributed by atoms with Crippen LogP contribution in [-0.4, -0.2) is 49.1 Å². The van der Waals surface area contributed by atoms with Gasteiger partial charge < -0.3 is 19.3 Å². The molecule has 0 radical (unpaired) electrons. The lowest BCUT2D eigenvalue weighted by atomic mass is 10.1. The van der Waals surface area contributed by atoms with Crippen molar-refractivity contribution < 1.29 is 14.3 Å². The van der Waals surface area contributed by atoms with E-state index in [4.69, 9.17) is 9.47 Å². The number of hydrogen-bond acceptors (Lipinski definition) is 5. The fourth-order valence-corrected chi connectivity index (χ4v) is 3.56. The summed E-state index contributed by atoms with van der Waals surface area (Å²) >= 11 is 0. The number of aromatic nitrogens is 1. The van der Waals surface area contributed by atoms with Crippen LogP contribution in [0.5, 0.6) is 11.5 Å². The van der Waals surface area contributed by atoms with Gasteiger partial charge in [0.25, 0.3) is 5.91 Å². The Balaban J connectivity index is 1.39. The van der Waals surface area contributed by atoms with Crippen LogP contribution in [0.15, 0.2) is 73.1 Å². The quantitative estimate of drug-likeness (QED) is 0.629. The summed E-state index contributed by atoms with van der Waals surface area (Å²) in [5.41, 5.74) is 2.82. The van der Waals surface area contributed by atoms with Crippen molar-refractivity contribution in [2.75, 3.05) is 38.2 Å². The van der Waals surface area contributed by atoms with Crippen molar-refractivity contribution >= 4 is 11.6 Å². The van der Waals surface area contributed by atoms with Crippen molar-refractivity contribution in [2.45, 2.75) is 6.61 Å². The second-order valence-electron chi connectivity index (χ2n) is 7.12. The Kier molecular flexibility index (Phi) is 6.13. The number of carbonyl (C=O) groups is 1. The van der Waals surface area contributed by atoms with Gasteiger partial charge in [0.05, 0.1) is 7.11 Å². The lowest BCUT2D eigenvalue weighted by Gasteiger charge is -2.36. The average Bonchev–Trinajstić information content (AvgIpc) is 2.83. The van der Waals surface area contributed by atoms with E-state index in [0.717, 1.165) is 24.3 Å². The van der Waals surface area contributed by atoms with Crippen LogP contribution in [0.3, 0.4) is 0 Å². The largest absolute Gasteiger partial charge is 0.493 e. The number of ether oxygens (including phenoxy) is 2. The van der Waals surface area contributed by atoms with Crippen LogP contribution in [0.4, 0.5) is 5.69 Å². The zero-order valence-electron chi connectivity index (χ0n) is 17.0. The third-order valence-corrected chi connectivity index (χ3v) is 5.24. The Morgan fingerprint density at radius 2 is 1.67 bits per heavy atom. The number of pyridine rings is 1. The molecular formula is C24H25N3O3. The molecule has 30 heavy (non-hydrogen) atoms. The minimum absolute atomic E-state index is 0.0114. The molecule has 1 fully saturated rings. The van der Waals surface area contributed by atoms with Crippen molar-refractivity contribution in [3.8, 4) is 11.5 Å². The molecule has 0 N–H and O–H groups in total. The maximum atomic E-state index is 13.0. The Hall–Kier alpha value is -3.54. The molecule has 4 rings (SSSR count). The monoisotopic (exact) mass is 403 g/mol. The fraction of sp³-hybridized carbons (Fsp3) is 0.250. The maximum absolute atomic E-state index is 13.0. The second-order valence-corrected chi connectivity index (χ2v) is 7.12. The lowest BCUT2D eigenvalue weighted by Crippen LogP contribution is -2.48. The predicted octanol–water partition coefficient (Wildman–Crippen LogP) is 3.63. The van der Waals surface area contributed by atoms with E-state index >= 15 is 0 Å². The van der Waals surface area contributed by atoms with Crippen molar-refractivity contribution in [2.24, 2.45) is 0 Å². The van der Waals surface area contributed by atoms with Crippen LogP contribution >= 0.6 is 0 Å². The lowest BCUT2D eigenvalue weighted by molar-refractivity contribution is 0.0746. The molecule has 1 aliphatic rings. The number of piperazine rings is 1. The highest BCUT2D eigenvalue weighted by Gasteiger charge is 2.23. The Labute approximate surface area is 176 Å². The zero-order valence-corrected chi connectivity index (χ0v) is 17.0. The molecule has 6 heteroatoms. The molecule has 0 unspecified atom stereocenters. The summed E-state index contributed by atoms with van der Waals surface area (Å²) in [7, 11) is 1.59. The van der Waals surface area contributed by atoms with E-state index < -0.39 is 0 Å². The molecule has 0 saturated carbocycles. The number of benzene rings is 2. The number of amides is 1. The number of nitrogens with zero attached hydrogens (tertiary/aromatic N) is 3. The van der Waals surface area contributed by atoms with Crippen molar-refractivity contribution in [3.05, 3.63) is 84.2 Å². The van der Waals surface area contributed by atoms with Gasteiger partial charge >= 0.3 is 0 Å². The summed E-state index contributed by atoms with van der Waals surface area (Å²) in [5, 5.41) is 0. The van der Waals surface area contributed by atoms with Gasteiger partial charge in [-0.3, -0.25) is 9.78 Å². The van der Waals surface area contributed by atoms with E-state index in [1.54, 1.807) is 31.6 Å². The van der Waals surface area contributed by atoms with Crippen LogP contribution < -0.4 is 14.4 Å². The number of methoxy groups -OCH3 is 1. The first-order valence-corrected chi connectivity index (χ1v) is 10.0. The number of anilines is 1. The SMILES string of the molecule is COc1cc(C(=O)N2CCN(c3ccncc3)CC2)ccc1OCc1ccccc1. The third kappa shape index (κ3) is 4.54. The summed E-state index contributed by atoms with van der Waals surface area (Å²) in [5.74, 6) is 1.20. The molecule has 0 atom stereocenters. The number of hydrogen-bond donors (Lipinski definition) is 0. The molecule has 2 aromatic carbocycles. The van der Waals surface area contributed by atoms with E-state index in [-0.39, 0.29) is 5.91 Å². The smallest absolute Gasteiger partial charge is 0.254 e. The molecular weight excluding hydrogens is 378 g/mol. The van der Waals surface area contributed by atoms with Gasteiger partial charge in [-0.15, -0.1) is 0 Å². The van der Waals surface area contributed by atoms with E-state index in [1.807, 2.05) is 53.4 Å². The highest BCUT2D eigenvalue weighted by molar-refractivity contribution is 5.95. The Morgan fingerprint density at radius 1 is 0.933 bits per heavy atom. The maximum Gasteiger partial charge on any atom is 0.254 e. The number of rotatable bonds is 6. The van der Waals surface area contributed by atoms with E-state index in [0.29, 0.717) is 36.8 Å². The van der Waals surface area contributed by atoms with Crippen molar-refractivity contribution in [1.29, 1.82) is 0 Å². The summed E-state index contributed by atoms with van der Waals surface area (Å²) in [6.45, 7) is 3.39. The molecule has 0 bridgehead atoms. The molecule has 154 valence electrons. The van der Waals surface area contributed by atoms with E-state index in [9.17, 15) is 4.79 Å². The van der Waals surface area contributed by atoms with Crippen LogP contribution in [0.1, 0.15) is 15.9 Å². The van der Waals surface area contributed by atoms with Gasteiger partial charge in [0, 0.05) is 49.8 Å². The summed E-state index contributed by atoms with van der Waals surface area (Å²) in [6, 6.07) is 19.3. The standard InChI is InChI=1S/C24H25N3O3/c1-29-23-17-20(7-8-22(23)30-18-19-5-3-2-4-6-19)24(28)27-15-13-26(14-16-27)21-9-11-25-12-10-21/h2-12,17H,13-16,18H2,1H3. The topological polar surface area (TPSA) is 54.9 Å². The van der Waals surface area contributed by atoms with Gasteiger partial charge in [0.1, 0.15) is 6.61 Å². The van der Waals surface area contributed by atoms with Crippen LogP contribution in [0.2, 0.25) is 0 Å². The summed E-state index contributed by atoms with van der Waals surface area (Å²) in [4.78, 5) is 21.2. The van der Waals surface area contributed by atoms with Gasteiger partial charge in [0.15, 0.2) is 11.5 Å². The Bertz CT molecular complexity index is 972. The van der Waals surface area contributed by atoms with E-state index in [1.165, 1.54) is 0 Å². The minimum Gasteiger partial charge on any atom is -0.493 e. The average molecular weight is 403 g/mol. The predicted molar refractivity (Wildman–Crippen MR) is 116 cm³/mol. The van der Waals surface area contributed by atoms with Crippen molar-refractivity contribution in [1.82, 2.24) is 9.88 Å². The molecule has 1 aromatic heterocycles. The molecule has 0 aliphatic carbocycles. The highest BCUT2D eigenvalue weighted by atomic mass is 16.5. The van der Waals surface area contributed by atoms with Crippen molar-refractivity contribution in [3.63, 3.8) is 0 Å². The second kappa shape index (κ2) is 9.31. The first-order valence-electron chi connectivity index (χ1n) is 10.0. The van der Waals surface area contributed by atoms with Crippen LogP contribution in [0.25, 0.3) is 0 Å². The third-order valence-electron chi connectivity index (χ3n) is 5.24. The molecule has 3 aromatic rings. The minimum atomic E-state index is 0.0114. The molecule has 6 nitrogen and oxygen atoms in total. The summed E-state index contributed by atoms with van der Waals surface area (Å²) < 4.78 is 11.4. The van der Waals surface area contributed by atoms with Gasteiger partial charge in [-0.05, 0) is 35.9 Å². The first kappa shape index (κ1) is 19.8. The first-order chi connectivity index (χ1) is 14.7. The van der Waals surface area contributed by atoms with Gasteiger partial charge in [-0.2, -0.15) is 0 Å². The molecule has 1 amide bonds. The normalized spacial score (nSPS) is 13.8.